The van der Waals surface area contributed by atoms with E-state index >= 15 is 0 Å². The summed E-state index contributed by atoms with van der Waals surface area (Å²) in [5.41, 5.74) is -1.10. The van der Waals surface area contributed by atoms with Crippen LogP contribution in [-0.2, 0) is 0 Å². The number of Topliss-reactive ketones (excluding diaryl/α,β-unsaturated/α-hetero) is 1. The van der Waals surface area contributed by atoms with Crippen molar-refractivity contribution in [3.63, 3.8) is 0 Å². The number of hydrogen-bond acceptors (Lipinski definition) is 7. The lowest BCUT2D eigenvalue weighted by atomic mass is 9.32. The van der Waals surface area contributed by atoms with Crippen LogP contribution >= 0.6 is 0 Å². The Morgan fingerprint density at radius 2 is 1.74 bits per heavy atom. The molecule has 2 aromatic heterocycles. The van der Waals surface area contributed by atoms with E-state index in [9.17, 15) is 15.0 Å². The number of aliphatic hydroxyl groups excluding tert-OH is 1. The van der Waals surface area contributed by atoms with Gasteiger partial charge in [0.25, 0.3) is 0 Å². The molecule has 0 radical (unpaired) electrons. The van der Waals surface area contributed by atoms with Gasteiger partial charge in [-0.1, -0.05) is 38.1 Å². The van der Waals surface area contributed by atoms with Gasteiger partial charge in [0.15, 0.2) is 5.76 Å². The molecule has 2 aromatic rings. The Morgan fingerprint density at radius 1 is 0.977 bits per heavy atom. The van der Waals surface area contributed by atoms with Gasteiger partial charge in [-0.2, -0.15) is 0 Å². The molecule has 1 saturated heterocycles. The van der Waals surface area contributed by atoms with E-state index in [-0.39, 0.29) is 34.1 Å². The summed E-state index contributed by atoms with van der Waals surface area (Å²) in [6.45, 7) is 9.02. The molecule has 1 unspecified atom stereocenters. The van der Waals surface area contributed by atoms with E-state index in [2.05, 4.69) is 52.9 Å². The van der Waals surface area contributed by atoms with Gasteiger partial charge in [0.05, 0.1) is 18.0 Å². The Bertz CT molecular complexity index is 1460. The zero-order valence-electron chi connectivity index (χ0n) is 25.5. The van der Waals surface area contributed by atoms with E-state index in [1.54, 1.807) is 18.4 Å². The van der Waals surface area contributed by atoms with Crippen molar-refractivity contribution >= 4 is 11.6 Å². The first-order valence-electron chi connectivity index (χ1n) is 16.4. The molecule has 9 rings (SSSR count). The first kappa shape index (κ1) is 27.8. The third-order valence-electron chi connectivity index (χ3n) is 13.5. The fraction of sp³-hybridized carbons (Fsp3) is 0.611. The van der Waals surface area contributed by atoms with Gasteiger partial charge in [-0.25, -0.2) is 4.98 Å². The third-order valence-corrected chi connectivity index (χ3v) is 13.5. The minimum absolute atomic E-state index is 0.0221. The molecular weight excluding hydrogens is 538 g/mol. The van der Waals surface area contributed by atoms with Gasteiger partial charge in [-0.3, -0.25) is 9.69 Å². The number of allylic oxidation sites excluding steroid dienone is 4. The van der Waals surface area contributed by atoms with E-state index < -0.39 is 11.0 Å². The average Bonchev–Trinajstić information content (AvgIpc) is 3.64. The summed E-state index contributed by atoms with van der Waals surface area (Å²) in [5.74, 6) is 1.83. The number of carbonyl (C=O) groups excluding carboxylic acids is 1. The molecule has 8 atom stereocenters. The second-order valence-electron chi connectivity index (χ2n) is 15.1. The Labute approximate surface area is 254 Å². The molecular formula is C36H45N3O4. The van der Waals surface area contributed by atoms with Crippen LogP contribution in [0.25, 0.3) is 0 Å². The van der Waals surface area contributed by atoms with Crippen molar-refractivity contribution < 1.29 is 19.4 Å². The molecule has 3 saturated carbocycles. The molecule has 3 heterocycles. The fourth-order valence-corrected chi connectivity index (χ4v) is 11.2. The number of piperazine rings is 1. The Kier molecular flexibility index (Phi) is 6.06. The van der Waals surface area contributed by atoms with Gasteiger partial charge in [0.1, 0.15) is 5.82 Å². The number of aromatic nitrogens is 1. The molecule has 2 bridgehead atoms. The molecule has 2 N–H and O–H groups in total. The summed E-state index contributed by atoms with van der Waals surface area (Å²) in [6.07, 6.45) is 16.1. The first-order chi connectivity index (χ1) is 20.6. The van der Waals surface area contributed by atoms with Crippen molar-refractivity contribution in [2.45, 2.75) is 70.5 Å². The summed E-state index contributed by atoms with van der Waals surface area (Å²) >= 11 is 0. The number of hydrogen-bond donors (Lipinski definition) is 2. The molecule has 0 aromatic carbocycles. The summed E-state index contributed by atoms with van der Waals surface area (Å²) < 4.78 is 5.70. The van der Waals surface area contributed by atoms with Crippen molar-refractivity contribution in [1.29, 1.82) is 0 Å². The zero-order chi connectivity index (χ0) is 29.7. The maximum Gasteiger partial charge on any atom is 0.224 e. The van der Waals surface area contributed by atoms with Crippen molar-refractivity contribution in [1.82, 2.24) is 9.88 Å². The smallest absolute Gasteiger partial charge is 0.224 e. The second kappa shape index (κ2) is 9.38. The van der Waals surface area contributed by atoms with Gasteiger partial charge in [0, 0.05) is 60.7 Å². The predicted octanol–water partition coefficient (Wildman–Crippen LogP) is 5.27. The van der Waals surface area contributed by atoms with E-state index in [1.807, 2.05) is 18.3 Å². The second-order valence-corrected chi connectivity index (χ2v) is 15.1. The number of ketones is 1. The zero-order valence-corrected chi connectivity index (χ0v) is 25.5. The van der Waals surface area contributed by atoms with Crippen LogP contribution in [0.4, 0.5) is 5.82 Å². The molecule has 1 aliphatic heterocycles. The number of nitrogens with zero attached hydrogens (tertiary/aromatic N) is 3. The highest BCUT2D eigenvalue weighted by Crippen LogP contribution is 2.78. The third kappa shape index (κ3) is 3.65. The van der Waals surface area contributed by atoms with Crippen molar-refractivity contribution in [3.8, 4) is 0 Å². The molecule has 43 heavy (non-hydrogen) atoms. The lowest BCUT2D eigenvalue weighted by Crippen LogP contribution is -2.67. The van der Waals surface area contributed by atoms with E-state index in [0.717, 1.165) is 76.1 Å². The van der Waals surface area contributed by atoms with Gasteiger partial charge in [0.2, 0.25) is 5.78 Å². The van der Waals surface area contributed by atoms with Crippen molar-refractivity contribution in [2.24, 2.45) is 33.5 Å². The summed E-state index contributed by atoms with van der Waals surface area (Å²) in [4.78, 5) is 23.7. The van der Waals surface area contributed by atoms with E-state index in [4.69, 9.17) is 4.42 Å². The highest BCUT2D eigenvalue weighted by atomic mass is 16.3. The molecule has 7 heteroatoms. The SMILES string of the molecule is C[C@]12CC[C@H]3[C@]4(C=C[C@@]5(C=C4C(=O)c4ccco4)CC(O)CC[C@]35C)[C@@H]1CC[C@@]2(O)CN1CCN(c2ccccn2)CC1. The van der Waals surface area contributed by atoms with Crippen LogP contribution in [0.3, 0.4) is 0 Å². The standard InChI is InChI=1S/C36H45N3O4/c1-32-11-8-25(40)22-34(32)14-15-36(26(23-34)31(41)27-6-5-21-43-27)28(32)9-12-33(2)29(36)10-13-35(33,42)24-38-17-19-39(20-18-38)30-7-3-4-16-37-30/h3-7,14-16,21,23,25,28-29,40,42H,8-13,17-20,22,24H2,1-2H3/t25?,28-,29-,32-,33+,34+,35-,36-/m1/s1. The maximum absolute atomic E-state index is 14.3. The summed E-state index contributed by atoms with van der Waals surface area (Å²) in [5, 5.41) is 23.6. The minimum Gasteiger partial charge on any atom is -0.461 e. The van der Waals surface area contributed by atoms with Crippen molar-refractivity contribution in [2.75, 3.05) is 37.6 Å². The summed E-state index contributed by atoms with van der Waals surface area (Å²) in [7, 11) is 0. The minimum atomic E-state index is -0.827. The van der Waals surface area contributed by atoms with Crippen LogP contribution in [0.15, 0.2) is 71.0 Å². The topological polar surface area (TPSA) is 90.0 Å². The lowest BCUT2D eigenvalue weighted by molar-refractivity contribution is -0.176. The van der Waals surface area contributed by atoms with Crippen LogP contribution in [0.5, 0.6) is 0 Å². The van der Waals surface area contributed by atoms with Crippen LogP contribution in [0, 0.1) is 33.5 Å². The Hall–Kier alpha value is -2.74. The molecule has 4 fully saturated rings. The van der Waals surface area contributed by atoms with E-state index in [1.165, 1.54) is 0 Å². The van der Waals surface area contributed by atoms with Crippen LogP contribution in [-0.4, -0.2) is 70.3 Å². The molecule has 0 amide bonds. The van der Waals surface area contributed by atoms with Gasteiger partial charge in [-0.15, -0.1) is 0 Å². The number of β-amino-alcohol motifs (C(OH)–C–C–N with tert-alkyl or cyclic N) is 1. The molecule has 7 aliphatic rings. The number of fused-ring (bicyclic) bond motifs is 1. The molecule has 228 valence electrons. The van der Waals surface area contributed by atoms with Gasteiger partial charge < -0.3 is 19.5 Å². The Morgan fingerprint density at radius 3 is 2.49 bits per heavy atom. The molecule has 6 aliphatic carbocycles. The fourth-order valence-electron chi connectivity index (χ4n) is 11.2. The highest BCUT2D eigenvalue weighted by molar-refractivity contribution is 6.08. The summed E-state index contributed by atoms with van der Waals surface area (Å²) in [6, 6.07) is 9.64. The number of pyridine rings is 1. The van der Waals surface area contributed by atoms with E-state index in [0.29, 0.717) is 24.6 Å². The monoisotopic (exact) mass is 583 g/mol. The van der Waals surface area contributed by atoms with Crippen molar-refractivity contribution in [3.05, 3.63) is 72.4 Å². The number of carbonyl (C=O) groups is 1. The quantitative estimate of drug-likeness (QED) is 0.366. The number of anilines is 1. The average molecular weight is 584 g/mol. The lowest BCUT2D eigenvalue weighted by Gasteiger charge is -2.71. The van der Waals surface area contributed by atoms with Crippen LogP contribution < -0.4 is 4.90 Å². The highest BCUT2D eigenvalue weighted by Gasteiger charge is 2.74. The maximum atomic E-state index is 14.3. The largest absolute Gasteiger partial charge is 0.461 e. The number of furan rings is 1. The number of aliphatic hydroxyl groups is 2. The molecule has 2 spiro atoms. The molecule has 7 nitrogen and oxygen atoms in total. The normalized spacial score (nSPS) is 43.6. The predicted molar refractivity (Wildman–Crippen MR) is 164 cm³/mol. The van der Waals surface area contributed by atoms with Gasteiger partial charge in [-0.05, 0) is 86.5 Å². The van der Waals surface area contributed by atoms with Crippen LogP contribution in [0.1, 0.15) is 69.3 Å². The van der Waals surface area contributed by atoms with Gasteiger partial charge >= 0.3 is 0 Å². The number of rotatable bonds is 5. The first-order valence-corrected chi connectivity index (χ1v) is 16.4. The van der Waals surface area contributed by atoms with Crippen LogP contribution in [0.2, 0.25) is 0 Å². The Balaban J connectivity index is 1.13.